The number of halogens is 1. The number of hydrogen-bond acceptors (Lipinski definition) is 4. The van der Waals surface area contributed by atoms with Crippen molar-refractivity contribution >= 4 is 11.6 Å². The van der Waals surface area contributed by atoms with Crippen molar-refractivity contribution in [2.75, 3.05) is 50.8 Å². The Hall–Kier alpha value is -2.44. The van der Waals surface area contributed by atoms with Crippen molar-refractivity contribution in [1.29, 1.82) is 0 Å². The van der Waals surface area contributed by atoms with Gasteiger partial charge in [0.2, 0.25) is 0 Å². The third kappa shape index (κ3) is 5.28. The van der Waals surface area contributed by atoms with Gasteiger partial charge in [-0.3, -0.25) is 9.69 Å². The number of rotatable bonds is 9. The zero-order chi connectivity index (χ0) is 23.5. The van der Waals surface area contributed by atoms with Crippen LogP contribution in [-0.4, -0.2) is 56.7 Å². The Morgan fingerprint density at radius 1 is 1.06 bits per heavy atom. The Morgan fingerprint density at radius 2 is 1.76 bits per heavy atom. The molecule has 1 saturated carbocycles. The molecule has 3 fully saturated rings. The molecule has 2 atom stereocenters. The lowest BCUT2D eigenvalue weighted by atomic mass is 10.1. The van der Waals surface area contributed by atoms with Gasteiger partial charge < -0.3 is 15.0 Å². The number of carbonyl (C=O) groups excluding carboxylic acids is 1. The molecule has 2 heterocycles. The summed E-state index contributed by atoms with van der Waals surface area (Å²) in [6, 6.07) is 13.9. The van der Waals surface area contributed by atoms with E-state index in [1.807, 2.05) is 4.90 Å². The lowest BCUT2D eigenvalue weighted by Gasteiger charge is -2.29. The van der Waals surface area contributed by atoms with Gasteiger partial charge >= 0.3 is 0 Å². The van der Waals surface area contributed by atoms with Crippen LogP contribution in [0, 0.1) is 23.6 Å². The molecule has 34 heavy (non-hydrogen) atoms. The highest BCUT2D eigenvalue weighted by atomic mass is 19.1. The minimum Gasteiger partial charge on any atom is -0.378 e. The minimum absolute atomic E-state index is 0.183. The molecule has 2 unspecified atom stereocenters. The molecule has 6 heteroatoms. The van der Waals surface area contributed by atoms with Crippen LogP contribution in [0.25, 0.3) is 0 Å². The first kappa shape index (κ1) is 23.3. The van der Waals surface area contributed by atoms with E-state index in [1.165, 1.54) is 36.5 Å². The number of nitrogens with one attached hydrogen (secondary N) is 1. The lowest BCUT2D eigenvalue weighted by Crippen LogP contribution is -2.36. The second-order valence-corrected chi connectivity index (χ2v) is 10.1. The molecule has 0 aromatic heterocycles. The number of anilines is 1. The maximum atomic E-state index is 14.6. The average Bonchev–Trinajstić information content (AvgIpc) is 3.32. The highest BCUT2D eigenvalue weighted by Crippen LogP contribution is 2.51. The molecule has 1 N–H and O–H groups in total. The number of carbonyl (C=O) groups is 1. The Morgan fingerprint density at radius 3 is 2.44 bits per heavy atom. The molecule has 5 rings (SSSR count). The van der Waals surface area contributed by atoms with Gasteiger partial charge in [0, 0.05) is 44.8 Å². The molecule has 3 aliphatic rings. The normalized spacial score (nSPS) is 24.2. The number of unbranched alkanes of at least 4 members (excludes halogenated alkanes) is 1. The van der Waals surface area contributed by atoms with Crippen molar-refractivity contribution in [3.8, 4) is 0 Å². The second kappa shape index (κ2) is 10.4. The molecule has 0 bridgehead atoms. The molecule has 0 radical (unpaired) electrons. The lowest BCUT2D eigenvalue weighted by molar-refractivity contribution is 0.0948. The van der Waals surface area contributed by atoms with E-state index in [0.29, 0.717) is 61.9 Å². The fraction of sp³-hybridized carbons (Fsp3) is 0.536. The van der Waals surface area contributed by atoms with Crippen LogP contribution in [0.1, 0.15) is 41.3 Å². The summed E-state index contributed by atoms with van der Waals surface area (Å²) in [6.45, 7) is 8.69. The smallest absolute Gasteiger partial charge is 0.251 e. The zero-order valence-corrected chi connectivity index (χ0v) is 20.1. The van der Waals surface area contributed by atoms with E-state index in [1.54, 1.807) is 12.1 Å². The number of benzene rings is 2. The van der Waals surface area contributed by atoms with Crippen LogP contribution in [0.2, 0.25) is 0 Å². The van der Waals surface area contributed by atoms with Crippen molar-refractivity contribution < 1.29 is 13.9 Å². The summed E-state index contributed by atoms with van der Waals surface area (Å²) in [5, 5.41) is 3.05. The molecular weight excluding hydrogens is 429 g/mol. The first-order valence-corrected chi connectivity index (χ1v) is 12.8. The van der Waals surface area contributed by atoms with Crippen molar-refractivity contribution in [3.63, 3.8) is 0 Å². The third-order valence-electron chi connectivity index (χ3n) is 7.76. The quantitative estimate of drug-likeness (QED) is 0.605. The molecule has 0 spiro atoms. The van der Waals surface area contributed by atoms with Crippen molar-refractivity contribution in [2.24, 2.45) is 17.8 Å². The maximum absolute atomic E-state index is 14.6. The summed E-state index contributed by atoms with van der Waals surface area (Å²) in [5.41, 5.74) is 3.76. The summed E-state index contributed by atoms with van der Waals surface area (Å²) >= 11 is 0. The monoisotopic (exact) mass is 465 g/mol. The Kier molecular flexibility index (Phi) is 7.16. The van der Waals surface area contributed by atoms with Gasteiger partial charge in [-0.05, 0) is 59.9 Å². The molecular formula is C28H36FN3O2. The van der Waals surface area contributed by atoms with Gasteiger partial charge in [-0.15, -0.1) is 0 Å². The van der Waals surface area contributed by atoms with Gasteiger partial charge in [0.15, 0.2) is 0 Å². The number of amides is 1. The number of hydrogen-bond donors (Lipinski definition) is 1. The summed E-state index contributed by atoms with van der Waals surface area (Å²) < 4.78 is 20.0. The fourth-order valence-corrected chi connectivity index (χ4v) is 5.64. The molecule has 182 valence electrons. The van der Waals surface area contributed by atoms with E-state index in [4.69, 9.17) is 4.74 Å². The number of morpholine rings is 1. The molecule has 2 saturated heterocycles. The van der Waals surface area contributed by atoms with Crippen LogP contribution in [0.15, 0.2) is 42.5 Å². The largest absolute Gasteiger partial charge is 0.378 e. The van der Waals surface area contributed by atoms with E-state index in [0.717, 1.165) is 19.6 Å². The Bertz CT molecular complexity index is 978. The van der Waals surface area contributed by atoms with Crippen LogP contribution in [0.3, 0.4) is 0 Å². The molecule has 5 nitrogen and oxygen atoms in total. The van der Waals surface area contributed by atoms with Gasteiger partial charge in [0.05, 0.1) is 18.9 Å². The second-order valence-electron chi connectivity index (χ2n) is 10.1. The van der Waals surface area contributed by atoms with E-state index < -0.39 is 0 Å². The highest BCUT2D eigenvalue weighted by molar-refractivity contribution is 5.94. The molecule has 2 aliphatic heterocycles. The number of piperidine rings is 1. The standard InChI is InChI=1S/C28H36FN3O2/c1-2-3-4-20-5-7-21(8-6-20)17-31-18-24-23(25(24)19-31)16-30-28(33)22-9-10-27(26(29)15-22)32-11-13-34-14-12-32/h5-10,15,23-25H,2-4,11-14,16-19H2,1H3,(H,30,33). The van der Waals surface area contributed by atoms with Gasteiger partial charge in [-0.25, -0.2) is 4.39 Å². The summed E-state index contributed by atoms with van der Waals surface area (Å²) in [6.07, 6.45) is 3.65. The number of likely N-dealkylation sites (tertiary alicyclic amines) is 1. The summed E-state index contributed by atoms with van der Waals surface area (Å²) in [4.78, 5) is 17.1. The zero-order valence-electron chi connectivity index (χ0n) is 20.1. The number of nitrogens with zero attached hydrogens (tertiary/aromatic N) is 2. The van der Waals surface area contributed by atoms with Crippen LogP contribution in [0.4, 0.5) is 10.1 Å². The average molecular weight is 466 g/mol. The van der Waals surface area contributed by atoms with Crippen LogP contribution in [-0.2, 0) is 17.7 Å². The van der Waals surface area contributed by atoms with Gasteiger partial charge in [0.25, 0.3) is 5.91 Å². The molecule has 2 aromatic carbocycles. The highest BCUT2D eigenvalue weighted by Gasteiger charge is 2.55. The van der Waals surface area contributed by atoms with Crippen molar-refractivity contribution in [1.82, 2.24) is 10.2 Å². The van der Waals surface area contributed by atoms with E-state index in [2.05, 4.69) is 41.4 Å². The Labute approximate surface area is 202 Å². The van der Waals surface area contributed by atoms with Gasteiger partial charge in [-0.1, -0.05) is 37.6 Å². The fourth-order valence-electron chi connectivity index (χ4n) is 5.64. The maximum Gasteiger partial charge on any atom is 0.251 e. The predicted molar refractivity (Wildman–Crippen MR) is 133 cm³/mol. The van der Waals surface area contributed by atoms with Gasteiger partial charge in [0.1, 0.15) is 5.82 Å². The first-order valence-electron chi connectivity index (χ1n) is 12.8. The number of aryl methyl sites for hydroxylation is 1. The van der Waals surface area contributed by atoms with E-state index >= 15 is 0 Å². The van der Waals surface area contributed by atoms with Crippen molar-refractivity contribution in [2.45, 2.75) is 32.7 Å². The first-order chi connectivity index (χ1) is 16.6. The predicted octanol–water partition coefficient (Wildman–Crippen LogP) is 4.11. The van der Waals surface area contributed by atoms with Crippen LogP contribution in [0.5, 0.6) is 0 Å². The van der Waals surface area contributed by atoms with Crippen LogP contribution >= 0.6 is 0 Å². The van der Waals surface area contributed by atoms with E-state index in [-0.39, 0.29) is 11.7 Å². The van der Waals surface area contributed by atoms with E-state index in [9.17, 15) is 9.18 Å². The van der Waals surface area contributed by atoms with Crippen LogP contribution < -0.4 is 10.2 Å². The number of ether oxygens (including phenoxy) is 1. The molecule has 2 aromatic rings. The van der Waals surface area contributed by atoms with Gasteiger partial charge in [-0.2, -0.15) is 0 Å². The summed E-state index contributed by atoms with van der Waals surface area (Å²) in [7, 11) is 0. The molecule has 1 amide bonds. The Balaban J connectivity index is 1.06. The summed E-state index contributed by atoms with van der Waals surface area (Å²) in [5.74, 6) is 1.37. The third-order valence-corrected chi connectivity index (χ3v) is 7.76. The SMILES string of the molecule is CCCCc1ccc(CN2CC3C(CNC(=O)c4ccc(N5CCOCC5)c(F)c4)C3C2)cc1. The topological polar surface area (TPSA) is 44.8 Å². The van der Waals surface area contributed by atoms with Crippen molar-refractivity contribution in [3.05, 3.63) is 65.0 Å². The minimum atomic E-state index is -0.341. The molecule has 1 aliphatic carbocycles. The number of fused-ring (bicyclic) bond motifs is 1.